The van der Waals surface area contributed by atoms with Crippen LogP contribution in [0.25, 0.3) is 0 Å². The van der Waals surface area contributed by atoms with E-state index in [0.717, 1.165) is 19.3 Å². The Morgan fingerprint density at radius 3 is 2.67 bits per heavy atom. The van der Waals surface area contributed by atoms with Gasteiger partial charge in [-0.15, -0.1) is 0 Å². The number of benzene rings is 1. The van der Waals surface area contributed by atoms with Crippen molar-refractivity contribution in [3.05, 3.63) is 29.6 Å². The molecule has 1 aliphatic carbocycles. The summed E-state index contributed by atoms with van der Waals surface area (Å²) in [5, 5.41) is 22.2. The summed E-state index contributed by atoms with van der Waals surface area (Å²) < 4.78 is 13.4. The van der Waals surface area contributed by atoms with E-state index in [1.54, 1.807) is 6.07 Å². The smallest absolute Gasteiger partial charge is 0.126 e. The minimum atomic E-state index is -0.411. The van der Waals surface area contributed by atoms with Crippen molar-refractivity contribution in [1.29, 1.82) is 5.26 Å². The van der Waals surface area contributed by atoms with E-state index in [-0.39, 0.29) is 16.9 Å². The number of nitriles is 1. The number of aliphatic hydroxyl groups is 1. The van der Waals surface area contributed by atoms with Crippen molar-refractivity contribution < 1.29 is 9.50 Å². The van der Waals surface area contributed by atoms with E-state index < -0.39 is 5.82 Å². The third-order valence-electron chi connectivity index (χ3n) is 4.17. The second-order valence-corrected chi connectivity index (χ2v) is 7.41. The fourth-order valence-corrected chi connectivity index (χ4v) is 3.78. The van der Waals surface area contributed by atoms with Crippen LogP contribution in [-0.2, 0) is 0 Å². The Balaban J connectivity index is 2.08. The van der Waals surface area contributed by atoms with E-state index in [9.17, 15) is 9.50 Å². The number of aliphatic hydroxyl groups excluding tert-OH is 1. The molecular formula is C17H23FN2O. The van der Waals surface area contributed by atoms with Crippen LogP contribution >= 0.6 is 0 Å². The molecule has 0 radical (unpaired) electrons. The number of hydrogen-bond donors (Lipinski definition) is 2. The quantitative estimate of drug-likeness (QED) is 0.892. The van der Waals surface area contributed by atoms with Gasteiger partial charge in [0.05, 0.1) is 17.7 Å². The highest BCUT2D eigenvalue weighted by Crippen LogP contribution is 2.46. The lowest BCUT2D eigenvalue weighted by Crippen LogP contribution is -2.42. The second-order valence-electron chi connectivity index (χ2n) is 7.41. The van der Waals surface area contributed by atoms with Gasteiger partial charge < -0.3 is 10.4 Å². The molecule has 1 fully saturated rings. The number of hydrogen-bond acceptors (Lipinski definition) is 3. The van der Waals surface area contributed by atoms with Gasteiger partial charge in [0.2, 0.25) is 0 Å². The van der Waals surface area contributed by atoms with E-state index in [2.05, 4.69) is 26.1 Å². The summed E-state index contributed by atoms with van der Waals surface area (Å²) in [6, 6.07) is 6.23. The van der Waals surface area contributed by atoms with Crippen molar-refractivity contribution in [3.63, 3.8) is 0 Å². The molecule has 2 unspecified atom stereocenters. The van der Waals surface area contributed by atoms with Crippen molar-refractivity contribution in [1.82, 2.24) is 0 Å². The molecule has 4 heteroatoms. The van der Waals surface area contributed by atoms with Crippen molar-refractivity contribution in [3.8, 4) is 6.07 Å². The topological polar surface area (TPSA) is 56.0 Å². The molecule has 0 amide bonds. The number of halogens is 1. The SMILES string of the molecule is CC1(C)CC(O)CC(C)(CNc2cc(F)cc(C#N)c2)C1. The Labute approximate surface area is 125 Å². The molecule has 1 aliphatic rings. The molecule has 114 valence electrons. The zero-order valence-corrected chi connectivity index (χ0v) is 12.9. The Hall–Kier alpha value is -1.60. The highest BCUT2D eigenvalue weighted by molar-refractivity contribution is 5.49. The maximum atomic E-state index is 13.4. The summed E-state index contributed by atoms with van der Waals surface area (Å²) in [6.45, 7) is 7.14. The summed E-state index contributed by atoms with van der Waals surface area (Å²) in [6.07, 6.45) is 2.28. The monoisotopic (exact) mass is 290 g/mol. The van der Waals surface area contributed by atoms with Crippen LogP contribution in [-0.4, -0.2) is 17.8 Å². The Morgan fingerprint density at radius 1 is 1.33 bits per heavy atom. The maximum Gasteiger partial charge on any atom is 0.126 e. The molecule has 21 heavy (non-hydrogen) atoms. The van der Waals surface area contributed by atoms with Gasteiger partial charge in [-0.25, -0.2) is 4.39 Å². The fraction of sp³-hybridized carbons (Fsp3) is 0.588. The predicted molar refractivity (Wildman–Crippen MR) is 81.4 cm³/mol. The molecule has 0 spiro atoms. The maximum absolute atomic E-state index is 13.4. The van der Waals surface area contributed by atoms with Crippen LogP contribution in [0.5, 0.6) is 0 Å². The first-order valence-corrected chi connectivity index (χ1v) is 7.34. The summed E-state index contributed by atoms with van der Waals surface area (Å²) in [7, 11) is 0. The second kappa shape index (κ2) is 5.65. The molecule has 0 aliphatic heterocycles. The van der Waals surface area contributed by atoms with Crippen molar-refractivity contribution >= 4 is 5.69 Å². The average Bonchev–Trinajstić information content (AvgIpc) is 2.33. The van der Waals surface area contributed by atoms with Crippen LogP contribution in [0.2, 0.25) is 0 Å². The molecule has 1 aromatic rings. The van der Waals surface area contributed by atoms with Gasteiger partial charge in [-0.2, -0.15) is 5.26 Å². The van der Waals surface area contributed by atoms with Crippen molar-refractivity contribution in [2.75, 3.05) is 11.9 Å². The highest BCUT2D eigenvalue weighted by atomic mass is 19.1. The molecule has 2 atom stereocenters. The van der Waals surface area contributed by atoms with E-state index in [1.807, 2.05) is 6.07 Å². The Morgan fingerprint density at radius 2 is 2.05 bits per heavy atom. The summed E-state index contributed by atoms with van der Waals surface area (Å²) in [4.78, 5) is 0. The van der Waals surface area contributed by atoms with E-state index in [1.165, 1.54) is 12.1 Å². The summed E-state index contributed by atoms with van der Waals surface area (Å²) in [5.74, 6) is -0.411. The standard InChI is InChI=1S/C17H23FN2O/c1-16(2)7-15(21)8-17(3,10-16)11-20-14-5-12(9-19)4-13(18)6-14/h4-6,15,20-21H,7-8,10-11H2,1-3H3. The van der Waals surface area contributed by atoms with E-state index in [0.29, 0.717) is 17.8 Å². The van der Waals surface area contributed by atoms with Crippen LogP contribution in [0, 0.1) is 28.0 Å². The first-order valence-electron chi connectivity index (χ1n) is 7.34. The third-order valence-corrected chi connectivity index (χ3v) is 4.17. The van der Waals surface area contributed by atoms with Gasteiger partial charge in [0.15, 0.2) is 0 Å². The normalized spacial score (nSPS) is 27.9. The van der Waals surface area contributed by atoms with Crippen LogP contribution in [0.15, 0.2) is 18.2 Å². The molecule has 0 bridgehead atoms. The van der Waals surface area contributed by atoms with Crippen LogP contribution in [0.3, 0.4) is 0 Å². The lowest BCUT2D eigenvalue weighted by molar-refractivity contribution is -0.00317. The number of rotatable bonds is 3. The minimum Gasteiger partial charge on any atom is -0.393 e. The molecule has 1 saturated carbocycles. The van der Waals surface area contributed by atoms with Crippen LogP contribution < -0.4 is 5.32 Å². The lowest BCUT2D eigenvalue weighted by atomic mass is 9.63. The zero-order chi connectivity index (χ0) is 15.7. The predicted octanol–water partition coefficient (Wildman–Crippen LogP) is 3.69. The molecular weight excluding hydrogens is 267 g/mol. The largest absolute Gasteiger partial charge is 0.393 e. The zero-order valence-electron chi connectivity index (χ0n) is 12.9. The summed E-state index contributed by atoms with van der Waals surface area (Å²) in [5.41, 5.74) is 0.992. The Bertz CT molecular complexity index is 564. The Kier molecular flexibility index (Phi) is 4.25. The van der Waals surface area contributed by atoms with Gasteiger partial charge in [-0.05, 0) is 48.3 Å². The molecule has 3 nitrogen and oxygen atoms in total. The minimum absolute atomic E-state index is 0.0414. The first kappa shape index (κ1) is 15.8. The number of nitrogens with one attached hydrogen (secondary N) is 1. The lowest BCUT2D eigenvalue weighted by Gasteiger charge is -2.45. The summed E-state index contributed by atoms with van der Waals surface area (Å²) >= 11 is 0. The fourth-order valence-electron chi connectivity index (χ4n) is 3.78. The van der Waals surface area contributed by atoms with Gasteiger partial charge in [0.25, 0.3) is 0 Å². The number of nitrogens with zero attached hydrogens (tertiary/aromatic N) is 1. The van der Waals surface area contributed by atoms with E-state index >= 15 is 0 Å². The molecule has 2 rings (SSSR count). The van der Waals surface area contributed by atoms with Crippen molar-refractivity contribution in [2.45, 2.75) is 46.1 Å². The van der Waals surface area contributed by atoms with Crippen LogP contribution in [0.4, 0.5) is 10.1 Å². The first-order chi connectivity index (χ1) is 9.71. The van der Waals surface area contributed by atoms with E-state index in [4.69, 9.17) is 5.26 Å². The van der Waals surface area contributed by atoms with Gasteiger partial charge in [-0.3, -0.25) is 0 Å². The molecule has 2 N–H and O–H groups in total. The van der Waals surface area contributed by atoms with Gasteiger partial charge in [0.1, 0.15) is 5.82 Å². The highest BCUT2D eigenvalue weighted by Gasteiger charge is 2.40. The van der Waals surface area contributed by atoms with Gasteiger partial charge >= 0.3 is 0 Å². The molecule has 0 saturated heterocycles. The molecule has 0 heterocycles. The number of anilines is 1. The van der Waals surface area contributed by atoms with Gasteiger partial charge in [-0.1, -0.05) is 20.8 Å². The van der Waals surface area contributed by atoms with Gasteiger partial charge in [0, 0.05) is 12.2 Å². The average molecular weight is 290 g/mol. The molecule has 0 aromatic heterocycles. The van der Waals surface area contributed by atoms with Crippen molar-refractivity contribution in [2.24, 2.45) is 10.8 Å². The van der Waals surface area contributed by atoms with Crippen LogP contribution in [0.1, 0.15) is 45.6 Å². The molecule has 1 aromatic carbocycles. The third kappa shape index (κ3) is 4.18.